The zero-order valence-corrected chi connectivity index (χ0v) is 15.0. The summed E-state index contributed by atoms with van der Waals surface area (Å²) in [6.07, 6.45) is 2.15. The van der Waals surface area contributed by atoms with Gasteiger partial charge in [0.1, 0.15) is 24.2 Å². The van der Waals surface area contributed by atoms with Gasteiger partial charge in [-0.1, -0.05) is 13.3 Å². The zero-order chi connectivity index (χ0) is 19.0. The van der Waals surface area contributed by atoms with Crippen LogP contribution in [0.1, 0.15) is 45.4 Å². The Kier molecular flexibility index (Phi) is 8.61. The van der Waals surface area contributed by atoms with Gasteiger partial charge in [0.2, 0.25) is 0 Å². The summed E-state index contributed by atoms with van der Waals surface area (Å²) in [6, 6.07) is 0. The van der Waals surface area contributed by atoms with E-state index in [9.17, 15) is 24.0 Å². The van der Waals surface area contributed by atoms with Crippen molar-refractivity contribution in [1.82, 2.24) is 0 Å². The number of ketones is 3. The molecule has 1 aliphatic carbocycles. The molecule has 0 spiro atoms. The minimum Gasteiger partial charge on any atom is -0.468 e. The molecular formula is C18H26O7. The number of carbonyl (C=O) groups is 5. The fraction of sp³-hybridized carbons (Fsp3) is 0.722. The molecule has 0 aromatic rings. The van der Waals surface area contributed by atoms with E-state index in [1.54, 1.807) is 6.92 Å². The maximum atomic E-state index is 12.6. The molecule has 7 nitrogen and oxygen atoms in total. The largest absolute Gasteiger partial charge is 0.468 e. The quantitative estimate of drug-likeness (QED) is 0.331. The molecule has 4 unspecified atom stereocenters. The summed E-state index contributed by atoms with van der Waals surface area (Å²) in [4.78, 5) is 59.9. The monoisotopic (exact) mass is 354 g/mol. The van der Waals surface area contributed by atoms with Crippen LogP contribution in [0.3, 0.4) is 0 Å². The van der Waals surface area contributed by atoms with Crippen LogP contribution in [0.25, 0.3) is 0 Å². The first-order chi connectivity index (χ1) is 11.9. The van der Waals surface area contributed by atoms with Crippen LogP contribution >= 0.6 is 0 Å². The van der Waals surface area contributed by atoms with E-state index < -0.39 is 47.2 Å². The molecule has 25 heavy (non-hydrogen) atoms. The number of ether oxygens (including phenoxy) is 2. The Balaban J connectivity index is 2.89. The number of Topliss-reactive ketones (excluding diaryl/α,β-unsaturated/α-hetero) is 3. The summed E-state index contributed by atoms with van der Waals surface area (Å²) >= 11 is 0. The number of hydrogen-bond acceptors (Lipinski definition) is 7. The third kappa shape index (κ3) is 5.29. The first-order valence-corrected chi connectivity index (χ1v) is 8.56. The number of hydrogen-bond donors (Lipinski definition) is 0. The van der Waals surface area contributed by atoms with E-state index in [0.717, 1.165) is 0 Å². The van der Waals surface area contributed by atoms with Gasteiger partial charge in [-0.05, 0) is 25.2 Å². The number of aldehydes is 1. The third-order valence-electron chi connectivity index (χ3n) is 4.64. The summed E-state index contributed by atoms with van der Waals surface area (Å²) < 4.78 is 9.68. The van der Waals surface area contributed by atoms with Gasteiger partial charge in [0.15, 0.2) is 17.3 Å². The van der Waals surface area contributed by atoms with E-state index >= 15 is 0 Å². The van der Waals surface area contributed by atoms with Crippen LogP contribution in [0.5, 0.6) is 0 Å². The van der Waals surface area contributed by atoms with Gasteiger partial charge in [-0.15, -0.1) is 0 Å². The average molecular weight is 354 g/mol. The zero-order valence-electron chi connectivity index (χ0n) is 15.0. The van der Waals surface area contributed by atoms with Crippen molar-refractivity contribution < 1.29 is 33.4 Å². The van der Waals surface area contributed by atoms with Crippen LogP contribution < -0.4 is 0 Å². The van der Waals surface area contributed by atoms with E-state index in [1.165, 1.54) is 14.2 Å². The predicted octanol–water partition coefficient (Wildman–Crippen LogP) is 1.30. The van der Waals surface area contributed by atoms with Crippen molar-refractivity contribution in [1.29, 1.82) is 0 Å². The molecule has 0 aromatic heterocycles. The highest BCUT2D eigenvalue weighted by molar-refractivity contribution is 6.24. The smallest absolute Gasteiger partial charge is 0.316 e. The van der Waals surface area contributed by atoms with Gasteiger partial charge in [0.05, 0.1) is 7.11 Å². The second-order valence-electron chi connectivity index (χ2n) is 6.32. The predicted molar refractivity (Wildman–Crippen MR) is 87.7 cm³/mol. The van der Waals surface area contributed by atoms with E-state index in [-0.39, 0.29) is 12.8 Å². The Bertz CT molecular complexity index is 526. The van der Waals surface area contributed by atoms with Crippen LogP contribution in [0.2, 0.25) is 0 Å². The number of rotatable bonds is 10. The van der Waals surface area contributed by atoms with Crippen molar-refractivity contribution in [2.75, 3.05) is 14.2 Å². The Morgan fingerprint density at radius 2 is 1.96 bits per heavy atom. The van der Waals surface area contributed by atoms with Crippen LogP contribution in [-0.2, 0) is 33.4 Å². The second-order valence-corrected chi connectivity index (χ2v) is 6.32. The Hall–Kier alpha value is -1.89. The molecule has 0 amide bonds. The lowest BCUT2D eigenvalue weighted by Crippen LogP contribution is -2.48. The van der Waals surface area contributed by atoms with Gasteiger partial charge >= 0.3 is 5.97 Å². The summed E-state index contributed by atoms with van der Waals surface area (Å²) in [5, 5.41) is 0. The maximum absolute atomic E-state index is 12.6. The Labute approximate surface area is 147 Å². The van der Waals surface area contributed by atoms with Crippen LogP contribution in [-0.4, -0.2) is 49.9 Å². The minimum atomic E-state index is -1.35. The van der Waals surface area contributed by atoms with E-state index in [0.29, 0.717) is 32.0 Å². The molecule has 0 aromatic carbocycles. The van der Waals surface area contributed by atoms with E-state index in [2.05, 4.69) is 0 Å². The van der Waals surface area contributed by atoms with Crippen LogP contribution in [0, 0.1) is 17.8 Å². The highest BCUT2D eigenvalue weighted by Crippen LogP contribution is 2.34. The van der Waals surface area contributed by atoms with Crippen molar-refractivity contribution in [2.24, 2.45) is 17.8 Å². The summed E-state index contributed by atoms with van der Waals surface area (Å²) in [5.41, 5.74) is 0. The normalized spacial score (nSPS) is 24.7. The van der Waals surface area contributed by atoms with E-state index in [1.807, 2.05) is 0 Å². The first-order valence-electron chi connectivity index (χ1n) is 8.56. The van der Waals surface area contributed by atoms with Crippen molar-refractivity contribution in [3.8, 4) is 0 Å². The lowest BCUT2D eigenvalue weighted by Gasteiger charge is -2.32. The molecule has 0 bridgehead atoms. The number of esters is 1. The van der Waals surface area contributed by atoms with Gasteiger partial charge in [-0.2, -0.15) is 0 Å². The molecule has 140 valence electrons. The van der Waals surface area contributed by atoms with Gasteiger partial charge in [0.25, 0.3) is 0 Å². The lowest BCUT2D eigenvalue weighted by molar-refractivity contribution is -0.158. The maximum Gasteiger partial charge on any atom is 0.316 e. The van der Waals surface area contributed by atoms with Crippen molar-refractivity contribution in [3.63, 3.8) is 0 Å². The second kappa shape index (κ2) is 10.2. The number of methoxy groups -OCH3 is 2. The first kappa shape index (κ1) is 21.2. The average Bonchev–Trinajstić information content (AvgIpc) is 2.58. The van der Waals surface area contributed by atoms with Gasteiger partial charge in [0, 0.05) is 20.0 Å². The van der Waals surface area contributed by atoms with Crippen molar-refractivity contribution in [3.05, 3.63) is 0 Å². The highest BCUT2D eigenvalue weighted by atomic mass is 16.5. The Morgan fingerprint density at radius 3 is 2.48 bits per heavy atom. The van der Waals surface area contributed by atoms with Crippen LogP contribution in [0.4, 0.5) is 0 Å². The lowest BCUT2D eigenvalue weighted by atomic mass is 9.69. The molecule has 1 rings (SSSR count). The molecule has 0 aliphatic heterocycles. The van der Waals surface area contributed by atoms with Gasteiger partial charge < -0.3 is 14.3 Å². The van der Waals surface area contributed by atoms with Crippen LogP contribution in [0.15, 0.2) is 0 Å². The molecule has 0 radical (unpaired) electrons. The molecule has 1 saturated carbocycles. The molecule has 0 heterocycles. The summed E-state index contributed by atoms with van der Waals surface area (Å²) in [6.45, 7) is 1.79. The van der Waals surface area contributed by atoms with Crippen molar-refractivity contribution in [2.45, 2.75) is 51.6 Å². The summed E-state index contributed by atoms with van der Waals surface area (Å²) in [7, 11) is 2.60. The molecule has 4 atom stereocenters. The summed E-state index contributed by atoms with van der Waals surface area (Å²) in [5.74, 6) is -5.17. The molecule has 1 fully saturated rings. The minimum absolute atomic E-state index is 0.00956. The standard InChI is InChI=1S/C18H26O7/c1-4-6-13(20)16-14(21)9-11(7-5-8-12(10-19)24-2)15(17(16)22)18(23)25-3/h10-12,15-16H,4-9H2,1-3H3. The number of carbonyl (C=O) groups excluding carboxylic acids is 5. The highest BCUT2D eigenvalue weighted by Gasteiger charge is 2.49. The SMILES string of the molecule is CCCC(=O)C1C(=O)CC(CCCC(C=O)OC)C(C(=O)OC)C1=O. The topological polar surface area (TPSA) is 104 Å². The molecular weight excluding hydrogens is 328 g/mol. The van der Waals surface area contributed by atoms with E-state index in [4.69, 9.17) is 9.47 Å². The van der Waals surface area contributed by atoms with Gasteiger partial charge in [-0.3, -0.25) is 19.2 Å². The van der Waals surface area contributed by atoms with Gasteiger partial charge in [-0.25, -0.2) is 0 Å². The molecule has 0 saturated heterocycles. The third-order valence-corrected chi connectivity index (χ3v) is 4.64. The molecule has 1 aliphatic rings. The fourth-order valence-electron chi connectivity index (χ4n) is 3.32. The van der Waals surface area contributed by atoms with Crippen molar-refractivity contribution >= 4 is 29.6 Å². The molecule has 0 N–H and O–H groups in total. The molecule has 7 heteroatoms. The Morgan fingerprint density at radius 1 is 1.28 bits per heavy atom. The fourth-order valence-corrected chi connectivity index (χ4v) is 3.32.